The molecule has 1 saturated carbocycles. The Balaban J connectivity index is 2.30. The van der Waals surface area contributed by atoms with Gasteiger partial charge in [0.05, 0.1) is 0 Å². The smallest absolute Gasteiger partial charge is 0.326 e. The Morgan fingerprint density at radius 2 is 1.22 bits per heavy atom. The fraction of sp³-hybridized carbons (Fsp3) is 0.741. The Morgan fingerprint density at radius 3 is 1.73 bits per heavy atom. The molecule has 0 aliphatic heterocycles. The quantitative estimate of drug-likeness (QED) is 0.102. The molecule has 2 atom stereocenters. The minimum Gasteiger partial charge on any atom is -0.481 e. The first kappa shape index (κ1) is 35.3. The van der Waals surface area contributed by atoms with Gasteiger partial charge in [-0.2, -0.15) is 0 Å². The van der Waals surface area contributed by atoms with Gasteiger partial charge in [-0.3, -0.25) is 19.2 Å². The van der Waals surface area contributed by atoms with Crippen molar-refractivity contribution in [3.05, 3.63) is 0 Å². The highest BCUT2D eigenvalue weighted by Crippen LogP contribution is 2.30. The lowest BCUT2D eigenvalue weighted by molar-refractivity contribution is -0.141. The van der Waals surface area contributed by atoms with Crippen molar-refractivity contribution in [1.29, 1.82) is 0 Å². The highest BCUT2D eigenvalue weighted by molar-refractivity contribution is 5.87. The Labute approximate surface area is 239 Å². The van der Waals surface area contributed by atoms with Gasteiger partial charge in [-0.25, -0.2) is 14.4 Å². The molecule has 0 saturated heterocycles. The topological polar surface area (TPSA) is 228 Å². The molecule has 1 aliphatic rings. The summed E-state index contributed by atoms with van der Waals surface area (Å²) in [5, 5.41) is 36.7. The predicted octanol–water partition coefficient (Wildman–Crippen LogP) is 1.42. The Kier molecular flexibility index (Phi) is 16.7. The van der Waals surface area contributed by atoms with Crippen LogP contribution in [0.2, 0.25) is 0 Å². The third-order valence-electron chi connectivity index (χ3n) is 7.26. The van der Waals surface area contributed by atoms with Gasteiger partial charge in [-0.15, -0.1) is 0 Å². The average Bonchev–Trinajstić information content (AvgIpc) is 2.93. The van der Waals surface area contributed by atoms with Crippen LogP contribution in [0.3, 0.4) is 0 Å². The minimum absolute atomic E-state index is 0.0278. The Morgan fingerprint density at radius 1 is 0.683 bits per heavy atom. The van der Waals surface area contributed by atoms with Crippen LogP contribution in [0.1, 0.15) is 89.9 Å². The number of rotatable bonds is 20. The molecule has 0 aromatic heterocycles. The molecule has 4 amide bonds. The van der Waals surface area contributed by atoms with Crippen molar-refractivity contribution in [2.75, 3.05) is 13.6 Å². The SMILES string of the molecule is CNC(=O)CCCCCCC(=O)C1CCC(CNC(=O)CCC(NC(=O)NC(CCC(=O)O)C(=O)O)C(=O)O)CC1. The number of hydrogen-bond acceptors (Lipinski definition) is 7. The highest BCUT2D eigenvalue weighted by Gasteiger charge is 2.27. The zero-order valence-electron chi connectivity index (χ0n) is 23.6. The molecule has 14 nitrogen and oxygen atoms in total. The number of Topliss-reactive ketones (excluding diaryl/α,β-unsaturated/α-hetero) is 1. The first-order valence-corrected chi connectivity index (χ1v) is 14.2. The van der Waals surface area contributed by atoms with E-state index < -0.39 is 48.4 Å². The minimum atomic E-state index is -1.51. The molecule has 0 aromatic rings. The average molecular weight is 585 g/mol. The van der Waals surface area contributed by atoms with Crippen LogP contribution in [0.5, 0.6) is 0 Å². The van der Waals surface area contributed by atoms with Gasteiger partial charge in [0.15, 0.2) is 0 Å². The van der Waals surface area contributed by atoms with Crippen molar-refractivity contribution in [2.45, 2.75) is 102 Å². The summed E-state index contributed by atoms with van der Waals surface area (Å²) in [7, 11) is 1.61. The van der Waals surface area contributed by atoms with Crippen LogP contribution < -0.4 is 21.3 Å². The van der Waals surface area contributed by atoms with E-state index in [9.17, 15) is 38.7 Å². The van der Waals surface area contributed by atoms with Gasteiger partial charge in [0.25, 0.3) is 0 Å². The van der Waals surface area contributed by atoms with Gasteiger partial charge < -0.3 is 36.6 Å². The third-order valence-corrected chi connectivity index (χ3v) is 7.26. The fourth-order valence-electron chi connectivity index (χ4n) is 4.72. The van der Waals surface area contributed by atoms with E-state index >= 15 is 0 Å². The maximum Gasteiger partial charge on any atom is 0.326 e. The fourth-order valence-corrected chi connectivity index (χ4v) is 4.72. The lowest BCUT2D eigenvalue weighted by Crippen LogP contribution is -2.51. The van der Waals surface area contributed by atoms with Gasteiger partial charge in [0.2, 0.25) is 11.8 Å². The zero-order chi connectivity index (χ0) is 30.8. The predicted molar refractivity (Wildman–Crippen MR) is 146 cm³/mol. The number of amides is 4. The second kappa shape index (κ2) is 19.4. The number of carbonyl (C=O) groups excluding carboxylic acids is 4. The number of ketones is 1. The lowest BCUT2D eigenvalue weighted by Gasteiger charge is -2.28. The molecule has 1 rings (SSSR count). The van der Waals surface area contributed by atoms with E-state index in [-0.39, 0.29) is 42.8 Å². The molecule has 232 valence electrons. The summed E-state index contributed by atoms with van der Waals surface area (Å²) < 4.78 is 0. The number of aliphatic carboxylic acids is 3. The molecule has 0 spiro atoms. The van der Waals surface area contributed by atoms with E-state index in [0.717, 1.165) is 51.4 Å². The summed E-state index contributed by atoms with van der Waals surface area (Å²) in [6, 6.07) is -4.06. The van der Waals surface area contributed by atoms with Crippen molar-refractivity contribution in [2.24, 2.45) is 11.8 Å². The van der Waals surface area contributed by atoms with Crippen molar-refractivity contribution >= 4 is 41.5 Å². The molecule has 1 fully saturated rings. The molecular weight excluding hydrogens is 540 g/mol. The number of urea groups is 1. The molecule has 2 unspecified atom stereocenters. The molecule has 7 N–H and O–H groups in total. The molecule has 41 heavy (non-hydrogen) atoms. The van der Waals surface area contributed by atoms with Crippen LogP contribution in [0, 0.1) is 11.8 Å². The molecular formula is C27H44N4O10. The van der Waals surface area contributed by atoms with E-state index in [0.29, 0.717) is 19.4 Å². The molecule has 0 radical (unpaired) electrons. The Hall–Kier alpha value is -3.71. The first-order chi connectivity index (χ1) is 19.4. The normalized spacial score (nSPS) is 17.9. The first-order valence-electron chi connectivity index (χ1n) is 14.2. The number of unbranched alkanes of at least 4 members (excludes halogenated alkanes) is 3. The molecule has 14 heteroatoms. The molecule has 0 heterocycles. The van der Waals surface area contributed by atoms with Crippen LogP contribution in [0.15, 0.2) is 0 Å². The van der Waals surface area contributed by atoms with Gasteiger partial charge >= 0.3 is 23.9 Å². The van der Waals surface area contributed by atoms with E-state index in [1.54, 1.807) is 7.05 Å². The summed E-state index contributed by atoms with van der Waals surface area (Å²) in [5.41, 5.74) is 0. The maximum atomic E-state index is 12.5. The van der Waals surface area contributed by atoms with Crippen LogP contribution in [-0.2, 0) is 28.8 Å². The molecule has 0 aromatic carbocycles. The standard InChI is InChI=1S/C27H44N4O10/c1-28-22(33)7-5-3-2-4-6-21(32)18-10-8-17(9-11-18)16-29-23(34)14-12-19(25(37)38)30-27(41)31-20(26(39)40)13-15-24(35)36/h17-20H,2-16H2,1H3,(H,28,33)(H,29,34)(H,35,36)(H,37,38)(H,39,40)(H2,30,31,41). The zero-order valence-corrected chi connectivity index (χ0v) is 23.6. The molecule has 0 bridgehead atoms. The number of nitrogens with one attached hydrogen (secondary N) is 4. The Bertz CT molecular complexity index is 918. The summed E-state index contributed by atoms with van der Waals surface area (Å²) in [6.45, 7) is 0.403. The summed E-state index contributed by atoms with van der Waals surface area (Å²) in [4.78, 5) is 81.5. The van der Waals surface area contributed by atoms with Crippen molar-refractivity contribution < 1.29 is 48.9 Å². The third kappa shape index (κ3) is 15.6. The maximum absolute atomic E-state index is 12.5. The van der Waals surface area contributed by atoms with Crippen LogP contribution in [0.4, 0.5) is 4.79 Å². The highest BCUT2D eigenvalue weighted by atomic mass is 16.4. The van der Waals surface area contributed by atoms with Gasteiger partial charge in [0, 0.05) is 45.2 Å². The number of carbonyl (C=O) groups is 7. The number of carboxylic acids is 3. The molecule has 1 aliphatic carbocycles. The summed E-state index contributed by atoms with van der Waals surface area (Å²) >= 11 is 0. The number of hydrogen-bond donors (Lipinski definition) is 7. The largest absolute Gasteiger partial charge is 0.481 e. The number of carboxylic acid groups (broad SMARTS) is 3. The van der Waals surface area contributed by atoms with Crippen molar-refractivity contribution in [3.8, 4) is 0 Å². The van der Waals surface area contributed by atoms with Crippen LogP contribution >= 0.6 is 0 Å². The van der Waals surface area contributed by atoms with E-state index in [1.165, 1.54) is 0 Å². The van der Waals surface area contributed by atoms with Crippen molar-refractivity contribution in [3.63, 3.8) is 0 Å². The van der Waals surface area contributed by atoms with E-state index in [4.69, 9.17) is 10.2 Å². The van der Waals surface area contributed by atoms with Crippen molar-refractivity contribution in [1.82, 2.24) is 21.3 Å². The van der Waals surface area contributed by atoms with Crippen LogP contribution in [-0.4, -0.2) is 82.5 Å². The van der Waals surface area contributed by atoms with Crippen LogP contribution in [0.25, 0.3) is 0 Å². The summed E-state index contributed by atoms with van der Waals surface area (Å²) in [6.07, 6.45) is 6.36. The lowest BCUT2D eigenvalue weighted by atomic mass is 9.79. The van der Waals surface area contributed by atoms with E-state index in [1.807, 2.05) is 5.32 Å². The van der Waals surface area contributed by atoms with Gasteiger partial charge in [-0.05, 0) is 57.3 Å². The van der Waals surface area contributed by atoms with Gasteiger partial charge in [0.1, 0.15) is 17.9 Å². The van der Waals surface area contributed by atoms with Gasteiger partial charge in [-0.1, -0.05) is 12.8 Å². The van der Waals surface area contributed by atoms with E-state index in [2.05, 4.69) is 16.0 Å². The second-order valence-electron chi connectivity index (χ2n) is 10.4. The second-order valence-corrected chi connectivity index (χ2v) is 10.4. The monoisotopic (exact) mass is 584 g/mol. The summed E-state index contributed by atoms with van der Waals surface area (Å²) in [5.74, 6) is -3.96.